The number of carbonyl (C=O) groups excluding carboxylic acids is 1. The molecule has 2 aromatic carbocycles. The van der Waals surface area contributed by atoms with Crippen molar-refractivity contribution in [2.24, 2.45) is 11.8 Å². The smallest absolute Gasteiger partial charge is 0.163 e. The van der Waals surface area contributed by atoms with Crippen LogP contribution in [0, 0.1) is 11.8 Å². The molecule has 2 nitrogen and oxygen atoms in total. The number of nitrogens with one attached hydrogen (secondary N) is 1. The molecule has 1 aliphatic carbocycles. The number of hydrogen-bond acceptors (Lipinski definition) is 2. The molecular weight excluding hydrogens is 390 g/mol. The van der Waals surface area contributed by atoms with Crippen molar-refractivity contribution in [1.29, 1.82) is 0 Å². The molecule has 0 bridgehead atoms. The Morgan fingerprint density at radius 2 is 1.80 bits per heavy atom. The van der Waals surface area contributed by atoms with Crippen molar-refractivity contribution in [3.8, 4) is 0 Å². The van der Waals surface area contributed by atoms with E-state index >= 15 is 0 Å². The normalized spacial score (nSPS) is 23.4. The Kier molecular flexibility index (Phi) is 7.28. The van der Waals surface area contributed by atoms with Crippen LogP contribution in [0.1, 0.15) is 85.2 Å². The lowest BCUT2D eigenvalue weighted by Gasteiger charge is -2.21. The zero-order valence-electron chi connectivity index (χ0n) is 18.1. The van der Waals surface area contributed by atoms with Gasteiger partial charge in [0.25, 0.3) is 0 Å². The van der Waals surface area contributed by atoms with Crippen LogP contribution in [-0.4, -0.2) is 18.9 Å². The molecule has 0 unspecified atom stereocenters. The first-order valence-corrected chi connectivity index (χ1v) is 12.1. The lowest BCUT2D eigenvalue weighted by Crippen LogP contribution is -2.28. The third kappa shape index (κ3) is 5.53. The second-order valence-corrected chi connectivity index (χ2v) is 9.95. The molecule has 2 fully saturated rings. The highest BCUT2D eigenvalue weighted by Gasteiger charge is 2.27. The van der Waals surface area contributed by atoms with E-state index in [1.807, 2.05) is 6.07 Å². The standard InChI is InChI=1S/C27H34ClNO/c1-19(24-3-2-4-26(28)18-24)15-21-5-6-25(16-21)22-7-9-23(10-8-22)27(30)17-20-11-13-29-14-12-20/h2-4,7-10,18-21,25,29H,5-6,11-17H2,1H3/t19-,21+,25+/m0/s1. The van der Waals surface area contributed by atoms with E-state index in [0.29, 0.717) is 30.0 Å². The number of piperidine rings is 1. The van der Waals surface area contributed by atoms with E-state index in [9.17, 15) is 4.79 Å². The van der Waals surface area contributed by atoms with Crippen LogP contribution in [0.2, 0.25) is 5.02 Å². The van der Waals surface area contributed by atoms with Gasteiger partial charge in [-0.1, -0.05) is 54.9 Å². The van der Waals surface area contributed by atoms with Crippen LogP contribution in [0.4, 0.5) is 0 Å². The monoisotopic (exact) mass is 423 g/mol. The largest absolute Gasteiger partial charge is 0.317 e. The molecule has 3 heteroatoms. The highest BCUT2D eigenvalue weighted by atomic mass is 35.5. The maximum absolute atomic E-state index is 12.6. The third-order valence-electron chi connectivity index (χ3n) is 7.28. The fraction of sp³-hybridized carbons (Fsp3) is 0.519. The molecule has 1 aliphatic heterocycles. The van der Waals surface area contributed by atoms with Gasteiger partial charge >= 0.3 is 0 Å². The molecule has 2 aliphatic rings. The molecule has 2 aromatic rings. The van der Waals surface area contributed by atoms with Crippen LogP contribution in [0.3, 0.4) is 0 Å². The van der Waals surface area contributed by atoms with Gasteiger partial charge in [0.05, 0.1) is 0 Å². The van der Waals surface area contributed by atoms with Crippen molar-refractivity contribution in [2.45, 2.75) is 63.7 Å². The zero-order chi connectivity index (χ0) is 20.9. The van der Waals surface area contributed by atoms with Crippen molar-refractivity contribution >= 4 is 17.4 Å². The van der Waals surface area contributed by atoms with E-state index in [-0.39, 0.29) is 0 Å². The summed E-state index contributed by atoms with van der Waals surface area (Å²) >= 11 is 6.17. The van der Waals surface area contributed by atoms with Gasteiger partial charge in [0.2, 0.25) is 0 Å². The summed E-state index contributed by atoms with van der Waals surface area (Å²) in [6.45, 7) is 4.42. The molecule has 0 amide bonds. The topological polar surface area (TPSA) is 29.1 Å². The van der Waals surface area contributed by atoms with Crippen LogP contribution in [0.5, 0.6) is 0 Å². The SMILES string of the molecule is C[C@@H](C[C@H]1CC[C@@H](c2ccc(C(=O)CC3CCNCC3)cc2)C1)c1cccc(Cl)c1. The van der Waals surface area contributed by atoms with Crippen molar-refractivity contribution in [3.63, 3.8) is 0 Å². The Balaban J connectivity index is 1.30. The molecule has 0 radical (unpaired) electrons. The van der Waals surface area contributed by atoms with E-state index in [2.05, 4.69) is 54.7 Å². The van der Waals surface area contributed by atoms with Crippen molar-refractivity contribution in [3.05, 3.63) is 70.2 Å². The van der Waals surface area contributed by atoms with Crippen molar-refractivity contribution < 1.29 is 4.79 Å². The summed E-state index contributed by atoms with van der Waals surface area (Å²) < 4.78 is 0. The maximum Gasteiger partial charge on any atom is 0.163 e. The summed E-state index contributed by atoms with van der Waals surface area (Å²) in [7, 11) is 0. The predicted molar refractivity (Wildman–Crippen MR) is 126 cm³/mol. The number of Topliss-reactive ketones (excluding diaryl/α,β-unsaturated/α-hetero) is 1. The van der Waals surface area contributed by atoms with E-state index in [1.54, 1.807) is 0 Å². The summed E-state index contributed by atoms with van der Waals surface area (Å²) in [5.41, 5.74) is 3.65. The van der Waals surface area contributed by atoms with Crippen LogP contribution in [0.25, 0.3) is 0 Å². The summed E-state index contributed by atoms with van der Waals surface area (Å²) in [6.07, 6.45) is 7.99. The molecule has 3 atom stereocenters. The van der Waals surface area contributed by atoms with Gasteiger partial charge in [-0.2, -0.15) is 0 Å². The highest BCUT2D eigenvalue weighted by molar-refractivity contribution is 6.30. The van der Waals surface area contributed by atoms with Crippen LogP contribution >= 0.6 is 11.6 Å². The number of benzene rings is 2. The fourth-order valence-electron chi connectivity index (χ4n) is 5.45. The minimum atomic E-state index is 0.313. The average Bonchev–Trinajstić information content (AvgIpc) is 3.23. The first-order chi connectivity index (χ1) is 14.6. The van der Waals surface area contributed by atoms with Gasteiger partial charge in [-0.25, -0.2) is 0 Å². The minimum Gasteiger partial charge on any atom is -0.317 e. The molecule has 1 heterocycles. The molecule has 1 saturated carbocycles. The summed E-state index contributed by atoms with van der Waals surface area (Å²) in [5.74, 6) is 2.81. The van der Waals surface area contributed by atoms with Gasteiger partial charge < -0.3 is 5.32 Å². The van der Waals surface area contributed by atoms with Crippen LogP contribution in [-0.2, 0) is 0 Å². The molecular formula is C27H34ClNO. The Labute approximate surface area is 186 Å². The third-order valence-corrected chi connectivity index (χ3v) is 7.52. The first-order valence-electron chi connectivity index (χ1n) is 11.7. The lowest BCUT2D eigenvalue weighted by atomic mass is 9.87. The van der Waals surface area contributed by atoms with Gasteiger partial charge in [0.1, 0.15) is 0 Å². The Morgan fingerprint density at radius 1 is 1.03 bits per heavy atom. The Bertz CT molecular complexity index is 840. The molecule has 0 aromatic heterocycles. The number of halogens is 1. The van der Waals surface area contributed by atoms with Gasteiger partial charge in [-0.3, -0.25) is 4.79 Å². The lowest BCUT2D eigenvalue weighted by molar-refractivity contribution is 0.0952. The van der Waals surface area contributed by atoms with Gasteiger partial charge in [-0.15, -0.1) is 0 Å². The molecule has 160 valence electrons. The highest BCUT2D eigenvalue weighted by Crippen LogP contribution is 2.42. The predicted octanol–water partition coefficient (Wildman–Crippen LogP) is 6.99. The number of ketones is 1. The van der Waals surface area contributed by atoms with Crippen LogP contribution < -0.4 is 5.32 Å². The number of rotatable bonds is 7. The molecule has 4 rings (SSSR count). The van der Waals surface area contributed by atoms with Crippen LogP contribution in [0.15, 0.2) is 48.5 Å². The fourth-order valence-corrected chi connectivity index (χ4v) is 5.65. The van der Waals surface area contributed by atoms with Gasteiger partial charge in [-0.05, 0) is 98.5 Å². The maximum atomic E-state index is 12.6. The first kappa shape index (κ1) is 21.6. The number of hydrogen-bond donors (Lipinski definition) is 1. The quantitative estimate of drug-likeness (QED) is 0.486. The van der Waals surface area contributed by atoms with E-state index < -0.39 is 0 Å². The van der Waals surface area contributed by atoms with Crippen molar-refractivity contribution in [2.75, 3.05) is 13.1 Å². The zero-order valence-corrected chi connectivity index (χ0v) is 18.8. The minimum absolute atomic E-state index is 0.313. The molecule has 30 heavy (non-hydrogen) atoms. The van der Waals surface area contributed by atoms with E-state index in [0.717, 1.165) is 42.4 Å². The Hall–Kier alpha value is -1.64. The number of carbonyl (C=O) groups is 1. The van der Waals surface area contributed by atoms with Gasteiger partial charge in [0, 0.05) is 17.0 Å². The second kappa shape index (κ2) is 10.1. The molecule has 1 N–H and O–H groups in total. The van der Waals surface area contributed by atoms with E-state index in [4.69, 9.17) is 11.6 Å². The molecule has 0 spiro atoms. The Morgan fingerprint density at radius 3 is 2.53 bits per heavy atom. The second-order valence-electron chi connectivity index (χ2n) is 9.51. The van der Waals surface area contributed by atoms with Crippen molar-refractivity contribution in [1.82, 2.24) is 5.32 Å². The van der Waals surface area contributed by atoms with Gasteiger partial charge in [0.15, 0.2) is 5.78 Å². The summed E-state index contributed by atoms with van der Waals surface area (Å²) in [4.78, 5) is 12.6. The summed E-state index contributed by atoms with van der Waals surface area (Å²) in [5, 5.41) is 4.21. The average molecular weight is 424 g/mol. The summed E-state index contributed by atoms with van der Waals surface area (Å²) in [6, 6.07) is 16.9. The van der Waals surface area contributed by atoms with E-state index in [1.165, 1.54) is 36.8 Å². The molecule has 1 saturated heterocycles.